The lowest BCUT2D eigenvalue weighted by atomic mass is 9.86. The molecule has 4 aromatic carbocycles. The predicted octanol–water partition coefficient (Wildman–Crippen LogP) is 7.46. The number of carbonyl (C=O) groups excluding carboxylic acids is 2. The van der Waals surface area contributed by atoms with Crippen LogP contribution in [0.3, 0.4) is 0 Å². The lowest BCUT2D eigenvalue weighted by molar-refractivity contribution is -0.377. The number of pyridine rings is 1. The summed E-state index contributed by atoms with van der Waals surface area (Å²) in [4.78, 5) is 32.2. The van der Waals surface area contributed by atoms with E-state index in [1.807, 2.05) is 54.6 Å². The van der Waals surface area contributed by atoms with Crippen LogP contribution in [0.1, 0.15) is 52.8 Å². The van der Waals surface area contributed by atoms with Crippen molar-refractivity contribution < 1.29 is 46.7 Å². The number of amides is 1. The lowest BCUT2D eigenvalue weighted by Gasteiger charge is -2.43. The highest BCUT2D eigenvalue weighted by Crippen LogP contribution is 2.37. The van der Waals surface area contributed by atoms with Crippen molar-refractivity contribution in [3.05, 3.63) is 147 Å². The molecule has 0 aliphatic carbocycles. The summed E-state index contributed by atoms with van der Waals surface area (Å²) in [6.45, 7) is 2.97. The Bertz CT molecular complexity index is 2500. The van der Waals surface area contributed by atoms with Crippen molar-refractivity contribution in [1.82, 2.24) is 14.5 Å². The average Bonchev–Trinajstić information content (AvgIpc) is 3.28. The van der Waals surface area contributed by atoms with Crippen molar-refractivity contribution in [3.8, 4) is 17.2 Å². The van der Waals surface area contributed by atoms with Crippen LogP contribution in [0, 0.1) is 11.8 Å². The van der Waals surface area contributed by atoms with Gasteiger partial charge in [-0.1, -0.05) is 83.9 Å². The third-order valence-electron chi connectivity index (χ3n) is 12.0. The van der Waals surface area contributed by atoms with Gasteiger partial charge in [0, 0.05) is 31.6 Å². The largest absolute Gasteiger partial charge is 0.493 e. The number of ether oxygens (including phenoxy) is 5. The molecule has 1 amide bonds. The van der Waals surface area contributed by atoms with Crippen LogP contribution in [0.2, 0.25) is 10.0 Å². The first kappa shape index (κ1) is 44.2. The summed E-state index contributed by atoms with van der Waals surface area (Å²) in [5, 5.41) is 3.84. The number of piperidine rings is 3. The summed E-state index contributed by atoms with van der Waals surface area (Å²) in [5.74, 6) is 0.684. The van der Waals surface area contributed by atoms with E-state index in [9.17, 15) is 18.0 Å². The average molecular weight is 917 g/mol. The van der Waals surface area contributed by atoms with E-state index in [-0.39, 0.29) is 37.1 Å². The Morgan fingerprint density at radius 3 is 2.17 bits per heavy atom. The SMILES string of the molecule is COc1ccc([C@H](Cc2c(Cl)c[nH+]cc2Cl)OC(=O)C2CN(S(=O)(=O)c3ccc(COc4cccc([C@@H](NC(=O)O[C@H]5CN6CCC5CC6)c5ccccc5)c4)cc3)C2)cc1OC. The zero-order chi connectivity index (χ0) is 44.1. The van der Waals surface area contributed by atoms with Gasteiger partial charge in [-0.3, -0.25) is 9.69 Å². The van der Waals surface area contributed by atoms with Gasteiger partial charge in [-0.15, -0.1) is 0 Å². The molecular weight excluding hydrogens is 868 g/mol. The van der Waals surface area contributed by atoms with E-state index >= 15 is 0 Å². The minimum absolute atomic E-state index is 0.0426. The fraction of sp³-hybridized carbons (Fsp3) is 0.340. The molecule has 0 radical (unpaired) electrons. The number of carbonyl (C=O) groups is 2. The number of nitrogens with one attached hydrogen (secondary N) is 2. The number of methoxy groups -OCH3 is 2. The van der Waals surface area contributed by atoms with Crippen LogP contribution in [0.15, 0.2) is 114 Å². The summed E-state index contributed by atoms with van der Waals surface area (Å²) in [6, 6.07) is 28.4. The van der Waals surface area contributed by atoms with E-state index < -0.39 is 40.1 Å². The Morgan fingerprint density at radius 2 is 1.51 bits per heavy atom. The van der Waals surface area contributed by atoms with E-state index in [0.717, 1.165) is 49.2 Å². The molecule has 63 heavy (non-hydrogen) atoms. The number of hydrogen-bond acceptors (Lipinski definition) is 10. The molecule has 330 valence electrons. The Balaban J connectivity index is 0.880. The number of aromatic nitrogens is 1. The number of alkyl carbamates (subject to hydrolysis) is 1. The molecule has 0 unspecified atom stereocenters. The Morgan fingerprint density at radius 1 is 0.810 bits per heavy atom. The van der Waals surface area contributed by atoms with Crippen LogP contribution in [0.5, 0.6) is 17.2 Å². The molecule has 2 N–H and O–H groups in total. The molecule has 4 aliphatic rings. The van der Waals surface area contributed by atoms with Gasteiger partial charge in [-0.05, 0) is 90.5 Å². The molecular formula is C47H49Cl2N4O9S+. The first-order valence-corrected chi connectivity index (χ1v) is 23.0. The van der Waals surface area contributed by atoms with Crippen LogP contribution >= 0.6 is 23.2 Å². The molecule has 4 saturated heterocycles. The number of esters is 1. The van der Waals surface area contributed by atoms with Gasteiger partial charge >= 0.3 is 12.1 Å². The molecule has 0 spiro atoms. The van der Waals surface area contributed by atoms with Crippen LogP contribution < -0.4 is 24.5 Å². The number of nitrogens with zero attached hydrogens (tertiary/aromatic N) is 2. The smallest absolute Gasteiger partial charge is 0.408 e. The van der Waals surface area contributed by atoms with Gasteiger partial charge < -0.3 is 29.0 Å². The standard InChI is InChI=1S/C47H48Cl2N4O9S/c1-58-41-16-13-33(22-43(41)59-2)42(23-38-39(48)24-50-25-40(38)49)61-46(54)35-26-53(27-35)63(56,57)37-14-11-30(12-15-37)29-60-36-10-6-9-34(21-36)45(32-7-4-3-5-8-32)51-47(55)62-44-28-52-19-17-31(44)18-20-52/h3-16,21-22,24-25,31,35,42,44-45H,17-20,23,26-29H2,1-2H3,(H,51,55)/p+1/t42-,44-,45-/m0/s1. The fourth-order valence-electron chi connectivity index (χ4n) is 8.35. The molecule has 5 aromatic rings. The molecule has 4 aliphatic heterocycles. The van der Waals surface area contributed by atoms with Gasteiger partial charge in [0.25, 0.3) is 0 Å². The van der Waals surface area contributed by atoms with Crippen molar-refractivity contribution in [2.24, 2.45) is 11.8 Å². The highest BCUT2D eigenvalue weighted by Gasteiger charge is 2.42. The molecule has 16 heteroatoms. The quantitative estimate of drug-likeness (QED) is 0.0990. The Hall–Kier alpha value is -5.38. The van der Waals surface area contributed by atoms with Crippen molar-refractivity contribution in [1.29, 1.82) is 0 Å². The second kappa shape index (κ2) is 19.6. The van der Waals surface area contributed by atoms with E-state index in [0.29, 0.717) is 44.3 Å². The van der Waals surface area contributed by atoms with Crippen LogP contribution in [-0.4, -0.2) is 82.7 Å². The maximum Gasteiger partial charge on any atom is 0.408 e. The van der Waals surface area contributed by atoms with Gasteiger partial charge in [0.2, 0.25) is 10.0 Å². The maximum atomic E-state index is 13.6. The zero-order valence-corrected chi connectivity index (χ0v) is 37.2. The maximum absolute atomic E-state index is 13.6. The summed E-state index contributed by atoms with van der Waals surface area (Å²) in [6.07, 6.45) is 4.04. The van der Waals surface area contributed by atoms with Crippen LogP contribution in [-0.2, 0) is 37.3 Å². The second-order valence-corrected chi connectivity index (χ2v) is 18.7. The summed E-state index contributed by atoms with van der Waals surface area (Å²) in [5.41, 5.74) is 3.67. The first-order chi connectivity index (χ1) is 30.5. The third-order valence-corrected chi connectivity index (χ3v) is 14.5. The fourth-order valence-corrected chi connectivity index (χ4v) is 10.4. The third kappa shape index (κ3) is 10.2. The summed E-state index contributed by atoms with van der Waals surface area (Å²) in [7, 11) is -0.869. The number of sulfonamides is 1. The molecule has 5 heterocycles. The molecule has 3 atom stereocenters. The van der Waals surface area contributed by atoms with Gasteiger partial charge in [0.1, 0.15) is 34.6 Å². The van der Waals surface area contributed by atoms with E-state index in [2.05, 4.69) is 15.2 Å². The van der Waals surface area contributed by atoms with Crippen molar-refractivity contribution in [3.63, 3.8) is 0 Å². The normalized spacial score (nSPS) is 19.6. The highest BCUT2D eigenvalue weighted by molar-refractivity contribution is 7.89. The van der Waals surface area contributed by atoms with E-state index in [1.165, 1.54) is 30.7 Å². The van der Waals surface area contributed by atoms with Gasteiger partial charge in [-0.2, -0.15) is 4.31 Å². The number of halogens is 2. The van der Waals surface area contributed by atoms with Gasteiger partial charge in [-0.25, -0.2) is 18.2 Å². The Kier molecular flexibility index (Phi) is 13.7. The highest BCUT2D eigenvalue weighted by atomic mass is 35.5. The first-order valence-electron chi connectivity index (χ1n) is 20.8. The molecule has 0 saturated carbocycles. The van der Waals surface area contributed by atoms with Crippen LogP contribution in [0.4, 0.5) is 4.79 Å². The number of H-pyrrole nitrogens is 1. The Labute approximate surface area is 377 Å². The zero-order valence-electron chi connectivity index (χ0n) is 34.9. The summed E-state index contributed by atoms with van der Waals surface area (Å²) < 4.78 is 57.6. The number of hydrogen-bond donors (Lipinski definition) is 1. The molecule has 13 nitrogen and oxygen atoms in total. The number of fused-ring (bicyclic) bond motifs is 3. The minimum Gasteiger partial charge on any atom is -0.493 e. The monoisotopic (exact) mass is 915 g/mol. The van der Waals surface area contributed by atoms with E-state index in [4.69, 9.17) is 46.9 Å². The van der Waals surface area contributed by atoms with Crippen molar-refractivity contribution in [2.75, 3.05) is 46.9 Å². The van der Waals surface area contributed by atoms with Crippen molar-refractivity contribution in [2.45, 2.75) is 49.0 Å². The molecule has 9 rings (SSSR count). The van der Waals surface area contributed by atoms with E-state index in [1.54, 1.807) is 42.7 Å². The second-order valence-electron chi connectivity index (χ2n) is 16.0. The van der Waals surface area contributed by atoms with Crippen LogP contribution in [0.25, 0.3) is 0 Å². The molecule has 1 aromatic heterocycles. The molecule has 4 fully saturated rings. The summed E-state index contributed by atoms with van der Waals surface area (Å²) >= 11 is 12.9. The molecule has 2 bridgehead atoms. The van der Waals surface area contributed by atoms with Crippen molar-refractivity contribution >= 4 is 45.3 Å². The number of aromatic amines is 1. The van der Waals surface area contributed by atoms with Gasteiger partial charge in [0.15, 0.2) is 23.9 Å². The van der Waals surface area contributed by atoms with Gasteiger partial charge in [0.05, 0.1) is 31.1 Å². The lowest BCUT2D eigenvalue weighted by Crippen LogP contribution is -2.53. The number of benzene rings is 4. The minimum atomic E-state index is -3.90. The number of rotatable bonds is 16. The topological polar surface area (TPSA) is 147 Å². The predicted molar refractivity (Wildman–Crippen MR) is 235 cm³/mol.